The molecule has 0 radical (unpaired) electrons. The molecule has 2 aliphatic heterocycles. The molecule has 5 heterocycles. The van der Waals surface area contributed by atoms with Gasteiger partial charge in [-0.3, -0.25) is 5.10 Å². The van der Waals surface area contributed by atoms with E-state index in [1.165, 1.54) is 12.1 Å². The molecule has 0 unspecified atom stereocenters. The summed E-state index contributed by atoms with van der Waals surface area (Å²) in [6.45, 7) is 4.66. The molecule has 1 N–H and O–H groups in total. The summed E-state index contributed by atoms with van der Waals surface area (Å²) in [5, 5.41) is 12.3. The minimum Gasteiger partial charge on any atom is -0.493 e. The van der Waals surface area contributed by atoms with Crippen LogP contribution in [0.2, 0.25) is 0 Å². The number of pyridine rings is 1. The van der Waals surface area contributed by atoms with E-state index in [4.69, 9.17) is 14.5 Å². The molecular weight excluding hydrogens is 423 g/mol. The molecule has 9 heteroatoms. The summed E-state index contributed by atoms with van der Waals surface area (Å²) in [6.07, 6.45) is 4.14. The molecular formula is C24H21FN6O2. The Balaban J connectivity index is 1.51. The fourth-order valence-corrected chi connectivity index (χ4v) is 4.36. The number of fused-ring (bicyclic) bond motifs is 2. The zero-order valence-corrected chi connectivity index (χ0v) is 18.0. The predicted octanol–water partition coefficient (Wildman–Crippen LogP) is 2.84. The van der Waals surface area contributed by atoms with Gasteiger partial charge in [-0.2, -0.15) is 14.9 Å². The zero-order valence-electron chi connectivity index (χ0n) is 18.0. The molecule has 166 valence electrons. The van der Waals surface area contributed by atoms with Gasteiger partial charge < -0.3 is 14.4 Å². The van der Waals surface area contributed by atoms with Crippen LogP contribution in [0, 0.1) is 17.7 Å². The van der Waals surface area contributed by atoms with E-state index in [-0.39, 0.29) is 11.9 Å². The summed E-state index contributed by atoms with van der Waals surface area (Å²) in [5.41, 5.74) is 3.04. The van der Waals surface area contributed by atoms with Crippen LogP contribution >= 0.6 is 0 Å². The average Bonchev–Trinajstić information content (AvgIpc) is 3.57. The van der Waals surface area contributed by atoms with Crippen LogP contribution in [-0.2, 0) is 11.2 Å². The maximum atomic E-state index is 14.1. The van der Waals surface area contributed by atoms with Crippen molar-refractivity contribution in [1.82, 2.24) is 25.0 Å². The summed E-state index contributed by atoms with van der Waals surface area (Å²) in [7, 11) is 0. The molecule has 3 aromatic heterocycles. The van der Waals surface area contributed by atoms with E-state index in [2.05, 4.69) is 39.0 Å². The first-order valence-electron chi connectivity index (χ1n) is 10.9. The minimum atomic E-state index is -0.352. The number of hydrogen-bond acceptors (Lipinski definition) is 6. The number of nitrogens with zero attached hydrogens (tertiary/aromatic N) is 5. The number of H-pyrrole nitrogens is 1. The molecule has 6 rings (SSSR count). The van der Waals surface area contributed by atoms with Gasteiger partial charge in [-0.1, -0.05) is 11.8 Å². The van der Waals surface area contributed by atoms with E-state index >= 15 is 0 Å². The van der Waals surface area contributed by atoms with Crippen molar-refractivity contribution in [3.05, 3.63) is 59.2 Å². The van der Waals surface area contributed by atoms with Crippen LogP contribution in [-0.4, -0.2) is 57.4 Å². The number of halogens is 1. The number of ether oxygens (including phenoxy) is 2. The van der Waals surface area contributed by atoms with E-state index < -0.39 is 0 Å². The molecule has 0 aliphatic carbocycles. The van der Waals surface area contributed by atoms with Crippen LogP contribution in [0.4, 0.5) is 10.2 Å². The van der Waals surface area contributed by atoms with Crippen LogP contribution in [0.5, 0.6) is 5.75 Å². The van der Waals surface area contributed by atoms with E-state index in [0.717, 1.165) is 35.3 Å². The summed E-state index contributed by atoms with van der Waals surface area (Å²) in [5.74, 6) is 8.19. The van der Waals surface area contributed by atoms with Gasteiger partial charge in [-0.15, -0.1) is 0 Å². The lowest BCUT2D eigenvalue weighted by molar-refractivity contribution is 0.0985. The van der Waals surface area contributed by atoms with E-state index in [0.29, 0.717) is 42.6 Å². The molecule has 2 aliphatic rings. The van der Waals surface area contributed by atoms with Crippen molar-refractivity contribution in [3.63, 3.8) is 0 Å². The number of hydrogen-bond donors (Lipinski definition) is 1. The first-order valence-corrected chi connectivity index (χ1v) is 10.9. The Hall–Kier alpha value is -3.90. The van der Waals surface area contributed by atoms with Gasteiger partial charge in [0.1, 0.15) is 17.4 Å². The van der Waals surface area contributed by atoms with E-state index in [1.807, 2.05) is 12.1 Å². The second-order valence-corrected chi connectivity index (χ2v) is 8.16. The topological polar surface area (TPSA) is 81.1 Å². The standard InChI is InChI=1S/C24H21FN6O2/c1-15-14-32-9-7-30(15)23-11-17(3-2-16-10-18(25)12-21-19(16)5-8-33-21)20-13-27-31(24(20)28-23)22-4-6-26-29-22/h4,6,10-13,15H,5,7-9,14H2,1H3,(H,26,29)/t15-/m1/s1. The molecule has 1 atom stereocenters. The minimum absolute atomic E-state index is 0.177. The predicted molar refractivity (Wildman–Crippen MR) is 120 cm³/mol. The average molecular weight is 444 g/mol. The van der Waals surface area contributed by atoms with Crippen molar-refractivity contribution in [1.29, 1.82) is 0 Å². The van der Waals surface area contributed by atoms with Crippen molar-refractivity contribution in [3.8, 4) is 23.4 Å². The van der Waals surface area contributed by atoms with Crippen LogP contribution in [0.3, 0.4) is 0 Å². The van der Waals surface area contributed by atoms with Crippen LogP contribution in [0.15, 0.2) is 36.7 Å². The van der Waals surface area contributed by atoms with Crippen LogP contribution in [0.25, 0.3) is 16.9 Å². The van der Waals surface area contributed by atoms with Crippen molar-refractivity contribution >= 4 is 16.9 Å². The highest BCUT2D eigenvalue weighted by Gasteiger charge is 2.23. The number of anilines is 1. The fraction of sp³-hybridized carbons (Fsp3) is 0.292. The van der Waals surface area contributed by atoms with Gasteiger partial charge in [0.2, 0.25) is 0 Å². The molecule has 0 bridgehead atoms. The number of aromatic amines is 1. The van der Waals surface area contributed by atoms with Crippen molar-refractivity contribution in [2.75, 3.05) is 31.3 Å². The summed E-state index contributed by atoms with van der Waals surface area (Å²) >= 11 is 0. The molecule has 1 fully saturated rings. The lowest BCUT2D eigenvalue weighted by Gasteiger charge is -2.34. The highest BCUT2D eigenvalue weighted by molar-refractivity contribution is 5.85. The second-order valence-electron chi connectivity index (χ2n) is 8.16. The number of benzene rings is 1. The Morgan fingerprint density at radius 3 is 2.94 bits per heavy atom. The second kappa shape index (κ2) is 7.90. The number of rotatable bonds is 2. The third-order valence-corrected chi connectivity index (χ3v) is 6.02. The van der Waals surface area contributed by atoms with Gasteiger partial charge in [0.15, 0.2) is 11.5 Å². The highest BCUT2D eigenvalue weighted by atomic mass is 19.1. The van der Waals surface area contributed by atoms with Gasteiger partial charge in [-0.05, 0) is 19.1 Å². The monoisotopic (exact) mass is 444 g/mol. The Kier molecular flexibility index (Phi) is 4.73. The lowest BCUT2D eigenvalue weighted by atomic mass is 10.0. The third-order valence-electron chi connectivity index (χ3n) is 6.02. The Labute approximate surface area is 189 Å². The van der Waals surface area contributed by atoms with Gasteiger partial charge in [0, 0.05) is 41.8 Å². The highest BCUT2D eigenvalue weighted by Crippen LogP contribution is 2.30. The van der Waals surface area contributed by atoms with Gasteiger partial charge >= 0.3 is 0 Å². The molecule has 1 aromatic carbocycles. The first-order chi connectivity index (χ1) is 16.2. The molecule has 0 spiro atoms. The van der Waals surface area contributed by atoms with E-state index in [1.54, 1.807) is 17.1 Å². The van der Waals surface area contributed by atoms with E-state index in [9.17, 15) is 4.39 Å². The summed E-state index contributed by atoms with van der Waals surface area (Å²) in [6, 6.07) is 6.88. The smallest absolute Gasteiger partial charge is 0.168 e. The molecule has 0 amide bonds. The largest absolute Gasteiger partial charge is 0.493 e. The third kappa shape index (κ3) is 3.49. The Morgan fingerprint density at radius 2 is 2.09 bits per heavy atom. The zero-order chi connectivity index (χ0) is 22.4. The fourth-order valence-electron chi connectivity index (χ4n) is 4.36. The lowest BCUT2D eigenvalue weighted by Crippen LogP contribution is -2.44. The van der Waals surface area contributed by atoms with Gasteiger partial charge in [0.25, 0.3) is 0 Å². The molecule has 0 saturated carbocycles. The van der Waals surface area contributed by atoms with Crippen molar-refractivity contribution in [2.45, 2.75) is 19.4 Å². The number of morpholine rings is 1. The molecule has 8 nitrogen and oxygen atoms in total. The maximum absolute atomic E-state index is 14.1. The first kappa shape index (κ1) is 19.8. The number of aromatic nitrogens is 5. The molecule has 1 saturated heterocycles. The SMILES string of the molecule is C[C@@H]1COCCN1c1cc(C#Cc2cc(F)cc3c2CCO3)c2cnn(-c3ccn[nH]3)c2n1. The molecule has 4 aromatic rings. The molecule has 33 heavy (non-hydrogen) atoms. The van der Waals surface area contributed by atoms with Gasteiger partial charge in [-0.25, -0.2) is 9.37 Å². The maximum Gasteiger partial charge on any atom is 0.168 e. The van der Waals surface area contributed by atoms with Crippen molar-refractivity contribution in [2.24, 2.45) is 0 Å². The normalized spacial score (nSPS) is 17.5. The van der Waals surface area contributed by atoms with Gasteiger partial charge in [0.05, 0.1) is 43.6 Å². The summed E-state index contributed by atoms with van der Waals surface area (Å²) < 4.78 is 27.0. The number of nitrogens with one attached hydrogen (secondary N) is 1. The quantitative estimate of drug-likeness (QED) is 0.479. The van der Waals surface area contributed by atoms with Crippen LogP contribution < -0.4 is 9.64 Å². The van der Waals surface area contributed by atoms with Crippen LogP contribution in [0.1, 0.15) is 23.6 Å². The Bertz CT molecular complexity index is 1400. The Morgan fingerprint density at radius 1 is 1.18 bits per heavy atom. The summed E-state index contributed by atoms with van der Waals surface area (Å²) in [4.78, 5) is 7.14. The van der Waals surface area contributed by atoms with Crippen molar-refractivity contribution < 1.29 is 13.9 Å².